The molecule has 0 bridgehead atoms. The molecule has 1 aromatic carbocycles. The Morgan fingerprint density at radius 1 is 1.39 bits per heavy atom. The number of nitrogens with zero attached hydrogens (tertiary/aromatic N) is 2. The Morgan fingerprint density at radius 3 is 2.83 bits per heavy atom. The number of halogens is 1. The summed E-state index contributed by atoms with van der Waals surface area (Å²) in [4.78, 5) is 0. The molecular formula is C14H18ClN3. The molecule has 4 heteroatoms. The number of benzene rings is 1. The van der Waals surface area contributed by atoms with E-state index in [0.717, 1.165) is 34.9 Å². The standard InChI is InChI=1S/C14H18ClN3/c1-4-13-11(9-18(3)17-13)8-16-14-10(2)6-5-7-12(14)15/h5-7,9,16H,4,8H2,1-3H3. The molecule has 1 N–H and O–H groups in total. The highest BCUT2D eigenvalue weighted by molar-refractivity contribution is 6.33. The van der Waals surface area contributed by atoms with Gasteiger partial charge in [0.2, 0.25) is 0 Å². The van der Waals surface area contributed by atoms with Gasteiger partial charge in [0, 0.05) is 25.4 Å². The van der Waals surface area contributed by atoms with Crippen LogP contribution in [0.4, 0.5) is 5.69 Å². The van der Waals surface area contributed by atoms with Crippen molar-refractivity contribution in [1.82, 2.24) is 9.78 Å². The van der Waals surface area contributed by atoms with Gasteiger partial charge in [-0.05, 0) is 25.0 Å². The van der Waals surface area contributed by atoms with E-state index in [0.29, 0.717) is 0 Å². The number of nitrogens with one attached hydrogen (secondary N) is 1. The first-order valence-corrected chi connectivity index (χ1v) is 6.50. The van der Waals surface area contributed by atoms with E-state index in [9.17, 15) is 0 Å². The Kier molecular flexibility index (Phi) is 3.92. The first-order chi connectivity index (χ1) is 8.61. The summed E-state index contributed by atoms with van der Waals surface area (Å²) in [6, 6.07) is 5.92. The normalized spacial score (nSPS) is 10.7. The molecule has 0 aliphatic carbocycles. The van der Waals surface area contributed by atoms with Gasteiger partial charge in [-0.3, -0.25) is 4.68 Å². The minimum Gasteiger partial charge on any atom is -0.379 e. The average Bonchev–Trinajstić information content (AvgIpc) is 2.69. The molecule has 0 atom stereocenters. The second kappa shape index (κ2) is 5.44. The number of hydrogen-bond donors (Lipinski definition) is 1. The summed E-state index contributed by atoms with van der Waals surface area (Å²) in [5, 5.41) is 8.59. The van der Waals surface area contributed by atoms with Crippen LogP contribution in [-0.2, 0) is 20.0 Å². The Hall–Kier alpha value is -1.48. The van der Waals surface area contributed by atoms with E-state index in [1.807, 2.05) is 23.9 Å². The maximum Gasteiger partial charge on any atom is 0.0671 e. The Balaban J connectivity index is 2.16. The highest BCUT2D eigenvalue weighted by atomic mass is 35.5. The van der Waals surface area contributed by atoms with Gasteiger partial charge >= 0.3 is 0 Å². The van der Waals surface area contributed by atoms with Gasteiger partial charge in [0.1, 0.15) is 0 Å². The van der Waals surface area contributed by atoms with Crippen molar-refractivity contribution in [2.24, 2.45) is 7.05 Å². The first kappa shape index (κ1) is 13.0. The molecule has 2 aromatic rings. The third kappa shape index (κ3) is 2.67. The molecule has 1 aromatic heterocycles. The van der Waals surface area contributed by atoms with Crippen LogP contribution >= 0.6 is 11.6 Å². The summed E-state index contributed by atoms with van der Waals surface area (Å²) in [6.07, 6.45) is 3.00. The van der Waals surface area contributed by atoms with Gasteiger partial charge in [-0.15, -0.1) is 0 Å². The lowest BCUT2D eigenvalue weighted by Crippen LogP contribution is -2.03. The maximum absolute atomic E-state index is 6.19. The largest absolute Gasteiger partial charge is 0.379 e. The lowest BCUT2D eigenvalue weighted by molar-refractivity contribution is 0.746. The van der Waals surface area contributed by atoms with E-state index in [-0.39, 0.29) is 0 Å². The van der Waals surface area contributed by atoms with Gasteiger partial charge < -0.3 is 5.32 Å². The molecule has 1 heterocycles. The Labute approximate surface area is 113 Å². The van der Waals surface area contributed by atoms with Gasteiger partial charge in [0.05, 0.1) is 16.4 Å². The number of anilines is 1. The van der Waals surface area contributed by atoms with Crippen molar-refractivity contribution in [3.05, 3.63) is 46.2 Å². The van der Waals surface area contributed by atoms with Gasteiger partial charge in [-0.1, -0.05) is 30.7 Å². The van der Waals surface area contributed by atoms with Gasteiger partial charge in [-0.25, -0.2) is 0 Å². The average molecular weight is 264 g/mol. The van der Waals surface area contributed by atoms with E-state index in [1.165, 1.54) is 5.56 Å². The number of aromatic nitrogens is 2. The van der Waals surface area contributed by atoms with Crippen LogP contribution in [0.2, 0.25) is 5.02 Å². The first-order valence-electron chi connectivity index (χ1n) is 6.12. The van der Waals surface area contributed by atoms with Crippen LogP contribution in [0.1, 0.15) is 23.7 Å². The summed E-state index contributed by atoms with van der Waals surface area (Å²) in [5.74, 6) is 0. The molecule has 0 spiro atoms. The molecule has 0 saturated heterocycles. The van der Waals surface area contributed by atoms with E-state index >= 15 is 0 Å². The SMILES string of the molecule is CCc1nn(C)cc1CNc1c(C)cccc1Cl. The topological polar surface area (TPSA) is 29.9 Å². The van der Waals surface area contributed by atoms with Crippen LogP contribution < -0.4 is 5.32 Å². The van der Waals surface area contributed by atoms with Crippen molar-refractivity contribution in [1.29, 1.82) is 0 Å². The summed E-state index contributed by atoms with van der Waals surface area (Å²) in [7, 11) is 1.95. The van der Waals surface area contributed by atoms with Gasteiger partial charge in [0.15, 0.2) is 0 Å². The van der Waals surface area contributed by atoms with Crippen LogP contribution in [0.25, 0.3) is 0 Å². The fourth-order valence-electron chi connectivity index (χ4n) is 2.07. The van der Waals surface area contributed by atoms with E-state index < -0.39 is 0 Å². The molecule has 0 aliphatic rings. The highest BCUT2D eigenvalue weighted by Crippen LogP contribution is 2.26. The highest BCUT2D eigenvalue weighted by Gasteiger charge is 2.07. The summed E-state index contributed by atoms with van der Waals surface area (Å²) in [6.45, 7) is 4.92. The van der Waals surface area contributed by atoms with Crippen molar-refractivity contribution in [3.63, 3.8) is 0 Å². The zero-order valence-corrected chi connectivity index (χ0v) is 11.8. The molecule has 96 valence electrons. The molecule has 0 radical (unpaired) electrons. The fraction of sp³-hybridized carbons (Fsp3) is 0.357. The zero-order chi connectivity index (χ0) is 13.1. The smallest absolute Gasteiger partial charge is 0.0671 e. The zero-order valence-electron chi connectivity index (χ0n) is 11.0. The quantitative estimate of drug-likeness (QED) is 0.914. The van der Waals surface area contributed by atoms with Crippen LogP contribution in [0.15, 0.2) is 24.4 Å². The number of hydrogen-bond acceptors (Lipinski definition) is 2. The Morgan fingerprint density at radius 2 is 2.17 bits per heavy atom. The minimum atomic E-state index is 0.752. The third-order valence-electron chi connectivity index (χ3n) is 3.00. The van der Waals surface area contributed by atoms with Crippen LogP contribution in [0, 0.1) is 6.92 Å². The van der Waals surface area contributed by atoms with Crippen molar-refractivity contribution >= 4 is 17.3 Å². The molecule has 0 amide bonds. The number of para-hydroxylation sites is 1. The summed E-state index contributed by atoms with van der Waals surface area (Å²) < 4.78 is 1.86. The maximum atomic E-state index is 6.19. The summed E-state index contributed by atoms with van der Waals surface area (Å²) >= 11 is 6.19. The lowest BCUT2D eigenvalue weighted by Gasteiger charge is -2.11. The monoisotopic (exact) mass is 263 g/mol. The summed E-state index contributed by atoms with van der Waals surface area (Å²) in [5.41, 5.74) is 4.52. The molecule has 0 fully saturated rings. The van der Waals surface area contributed by atoms with Gasteiger partial charge in [0.25, 0.3) is 0 Å². The van der Waals surface area contributed by atoms with Crippen LogP contribution in [-0.4, -0.2) is 9.78 Å². The van der Waals surface area contributed by atoms with Crippen molar-refractivity contribution < 1.29 is 0 Å². The van der Waals surface area contributed by atoms with Crippen LogP contribution in [0.5, 0.6) is 0 Å². The predicted octanol–water partition coefficient (Wildman–Crippen LogP) is 3.56. The number of rotatable bonds is 4. The fourth-order valence-corrected chi connectivity index (χ4v) is 2.36. The molecule has 18 heavy (non-hydrogen) atoms. The molecule has 3 nitrogen and oxygen atoms in total. The second-order valence-corrected chi connectivity index (χ2v) is 4.82. The molecule has 2 rings (SSSR count). The second-order valence-electron chi connectivity index (χ2n) is 4.41. The van der Waals surface area contributed by atoms with E-state index in [4.69, 9.17) is 11.6 Å². The van der Waals surface area contributed by atoms with E-state index in [1.54, 1.807) is 0 Å². The molecule has 0 aliphatic heterocycles. The molecule has 0 saturated carbocycles. The van der Waals surface area contributed by atoms with Crippen molar-refractivity contribution in [2.45, 2.75) is 26.8 Å². The lowest BCUT2D eigenvalue weighted by atomic mass is 10.1. The minimum absolute atomic E-state index is 0.752. The molecule has 0 unspecified atom stereocenters. The van der Waals surface area contributed by atoms with E-state index in [2.05, 4.69) is 36.5 Å². The number of aryl methyl sites for hydroxylation is 3. The Bertz CT molecular complexity index is 526. The third-order valence-corrected chi connectivity index (χ3v) is 3.32. The predicted molar refractivity (Wildman–Crippen MR) is 76.1 cm³/mol. The van der Waals surface area contributed by atoms with Crippen molar-refractivity contribution in [2.75, 3.05) is 5.32 Å². The van der Waals surface area contributed by atoms with Crippen molar-refractivity contribution in [3.8, 4) is 0 Å². The van der Waals surface area contributed by atoms with Gasteiger partial charge in [-0.2, -0.15) is 5.10 Å². The van der Waals surface area contributed by atoms with Crippen LogP contribution in [0.3, 0.4) is 0 Å². The molecular weight excluding hydrogens is 246 g/mol.